The molecule has 0 fully saturated rings. The third-order valence-corrected chi connectivity index (χ3v) is 2.47. The van der Waals surface area contributed by atoms with Gasteiger partial charge in [-0.3, -0.25) is 20.4 Å². The summed E-state index contributed by atoms with van der Waals surface area (Å²) in [5, 5.41) is 0.724. The van der Waals surface area contributed by atoms with Gasteiger partial charge in [0.2, 0.25) is 5.91 Å². The highest BCUT2D eigenvalue weighted by atomic mass is 35.5. The van der Waals surface area contributed by atoms with Crippen LogP contribution in [-0.4, -0.2) is 11.8 Å². The Kier molecular flexibility index (Phi) is 5.44. The lowest BCUT2D eigenvalue weighted by Gasteiger charge is -2.09. The molecule has 2 N–H and O–H groups in total. The maximum absolute atomic E-state index is 11.7. The van der Waals surface area contributed by atoms with Crippen LogP contribution in [0.25, 0.3) is 0 Å². The van der Waals surface area contributed by atoms with Crippen LogP contribution in [0.3, 0.4) is 0 Å². The fraction of sp³-hybridized carbons (Fsp3) is 0.333. The van der Waals surface area contributed by atoms with Crippen molar-refractivity contribution in [2.24, 2.45) is 5.92 Å². The summed E-state index contributed by atoms with van der Waals surface area (Å²) in [7, 11) is 0. The van der Waals surface area contributed by atoms with E-state index in [2.05, 4.69) is 10.9 Å². The topological polar surface area (TPSA) is 58.2 Å². The van der Waals surface area contributed by atoms with E-state index in [1.54, 1.807) is 0 Å². The molecule has 0 atom stereocenters. The van der Waals surface area contributed by atoms with E-state index in [9.17, 15) is 9.59 Å². The predicted molar refractivity (Wildman–Crippen MR) is 71.5 cm³/mol. The molecule has 0 unspecified atom stereocenters. The summed E-state index contributed by atoms with van der Waals surface area (Å²) in [6, 6.07) is 4.46. The SMILES string of the molecule is CC(C)CC(=O)NNC(=O)c1cc(Cl)cc(Cl)c1. The minimum Gasteiger partial charge on any atom is -0.273 e. The Bertz CT molecular complexity index is 441. The van der Waals surface area contributed by atoms with Crippen LogP contribution in [0.15, 0.2) is 18.2 Å². The number of hydrazine groups is 1. The number of nitrogens with one attached hydrogen (secondary N) is 2. The lowest BCUT2D eigenvalue weighted by Crippen LogP contribution is -2.42. The average Bonchev–Trinajstić information content (AvgIpc) is 2.23. The van der Waals surface area contributed by atoms with Crippen molar-refractivity contribution in [3.8, 4) is 0 Å². The van der Waals surface area contributed by atoms with Gasteiger partial charge in [0.15, 0.2) is 0 Å². The molecule has 0 radical (unpaired) electrons. The molecule has 0 bridgehead atoms. The summed E-state index contributed by atoms with van der Waals surface area (Å²) < 4.78 is 0. The van der Waals surface area contributed by atoms with E-state index < -0.39 is 5.91 Å². The fourth-order valence-electron chi connectivity index (χ4n) is 1.31. The number of benzene rings is 1. The predicted octanol–water partition coefficient (Wildman–Crippen LogP) is 2.80. The molecule has 0 spiro atoms. The molecule has 98 valence electrons. The number of amides is 2. The van der Waals surface area contributed by atoms with Crippen LogP contribution in [0, 0.1) is 5.92 Å². The lowest BCUT2D eigenvalue weighted by molar-refractivity contribution is -0.122. The van der Waals surface area contributed by atoms with E-state index >= 15 is 0 Å². The second kappa shape index (κ2) is 6.61. The molecule has 0 aliphatic rings. The first kappa shape index (κ1) is 14.8. The first-order chi connectivity index (χ1) is 8.38. The Morgan fingerprint density at radius 1 is 1.11 bits per heavy atom. The maximum atomic E-state index is 11.7. The summed E-state index contributed by atoms with van der Waals surface area (Å²) in [6.45, 7) is 3.83. The van der Waals surface area contributed by atoms with E-state index in [1.807, 2.05) is 13.8 Å². The molecule has 18 heavy (non-hydrogen) atoms. The van der Waals surface area contributed by atoms with Gasteiger partial charge in [-0.2, -0.15) is 0 Å². The van der Waals surface area contributed by atoms with Crippen molar-refractivity contribution < 1.29 is 9.59 Å². The molecule has 0 heterocycles. The molecular formula is C12H14Cl2N2O2. The highest BCUT2D eigenvalue weighted by molar-refractivity contribution is 6.35. The Labute approximate surface area is 116 Å². The van der Waals surface area contributed by atoms with Crippen LogP contribution >= 0.6 is 23.2 Å². The minimum atomic E-state index is -0.462. The van der Waals surface area contributed by atoms with Gasteiger partial charge >= 0.3 is 0 Å². The largest absolute Gasteiger partial charge is 0.273 e. The van der Waals surface area contributed by atoms with Crippen molar-refractivity contribution in [1.82, 2.24) is 10.9 Å². The van der Waals surface area contributed by atoms with Gasteiger partial charge in [0.05, 0.1) is 0 Å². The van der Waals surface area contributed by atoms with Crippen molar-refractivity contribution in [2.75, 3.05) is 0 Å². The third-order valence-electron chi connectivity index (χ3n) is 2.03. The highest BCUT2D eigenvalue weighted by Crippen LogP contribution is 2.18. The summed E-state index contributed by atoms with van der Waals surface area (Å²) in [6.07, 6.45) is 0.344. The average molecular weight is 289 g/mol. The molecule has 4 nitrogen and oxygen atoms in total. The Morgan fingerprint density at radius 2 is 1.67 bits per heavy atom. The van der Waals surface area contributed by atoms with Gasteiger partial charge in [-0.05, 0) is 24.1 Å². The van der Waals surface area contributed by atoms with Crippen LogP contribution in [0.5, 0.6) is 0 Å². The highest BCUT2D eigenvalue weighted by Gasteiger charge is 2.10. The lowest BCUT2D eigenvalue weighted by atomic mass is 10.1. The van der Waals surface area contributed by atoms with Gasteiger partial charge in [0.25, 0.3) is 5.91 Å². The molecule has 2 amide bonds. The molecule has 1 aromatic carbocycles. The quantitative estimate of drug-likeness (QED) is 0.841. The number of hydrogen-bond donors (Lipinski definition) is 2. The van der Waals surface area contributed by atoms with Gasteiger partial charge in [0, 0.05) is 22.0 Å². The normalized spacial score (nSPS) is 10.3. The monoisotopic (exact) mass is 288 g/mol. The zero-order valence-electron chi connectivity index (χ0n) is 10.1. The van der Waals surface area contributed by atoms with Crippen LogP contribution in [0.1, 0.15) is 30.6 Å². The van der Waals surface area contributed by atoms with Crippen molar-refractivity contribution in [1.29, 1.82) is 0 Å². The zero-order chi connectivity index (χ0) is 13.7. The fourth-order valence-corrected chi connectivity index (χ4v) is 1.83. The molecule has 1 aromatic rings. The summed E-state index contributed by atoms with van der Waals surface area (Å²) in [5.41, 5.74) is 4.92. The molecule has 6 heteroatoms. The van der Waals surface area contributed by atoms with E-state index in [1.165, 1.54) is 18.2 Å². The zero-order valence-corrected chi connectivity index (χ0v) is 11.6. The number of rotatable bonds is 3. The first-order valence-corrected chi connectivity index (χ1v) is 6.19. The van der Waals surface area contributed by atoms with Crippen LogP contribution < -0.4 is 10.9 Å². The molecule has 0 aliphatic heterocycles. The van der Waals surface area contributed by atoms with E-state index in [4.69, 9.17) is 23.2 Å². The molecule has 0 saturated carbocycles. The van der Waals surface area contributed by atoms with Gasteiger partial charge in [-0.25, -0.2) is 0 Å². The summed E-state index contributed by atoms with van der Waals surface area (Å²) in [5.74, 6) is -0.481. The second-order valence-electron chi connectivity index (χ2n) is 4.26. The van der Waals surface area contributed by atoms with Gasteiger partial charge in [-0.15, -0.1) is 0 Å². The van der Waals surface area contributed by atoms with Crippen LogP contribution in [-0.2, 0) is 4.79 Å². The van der Waals surface area contributed by atoms with E-state index in [-0.39, 0.29) is 17.4 Å². The molecule has 0 saturated heterocycles. The van der Waals surface area contributed by atoms with Crippen molar-refractivity contribution in [3.63, 3.8) is 0 Å². The molecule has 0 aromatic heterocycles. The Hall–Kier alpha value is -1.26. The summed E-state index contributed by atoms with van der Waals surface area (Å²) >= 11 is 11.5. The molecule has 1 rings (SSSR count). The Balaban J connectivity index is 2.58. The standard InChI is InChI=1S/C12H14Cl2N2O2/c1-7(2)3-11(17)15-16-12(18)8-4-9(13)6-10(14)5-8/h4-7H,3H2,1-2H3,(H,15,17)(H,16,18). The summed E-state index contributed by atoms with van der Waals surface area (Å²) in [4.78, 5) is 23.0. The smallest absolute Gasteiger partial charge is 0.269 e. The minimum absolute atomic E-state index is 0.225. The van der Waals surface area contributed by atoms with Gasteiger partial charge < -0.3 is 0 Å². The van der Waals surface area contributed by atoms with Gasteiger partial charge in [0.1, 0.15) is 0 Å². The van der Waals surface area contributed by atoms with Gasteiger partial charge in [-0.1, -0.05) is 37.0 Å². The molecular weight excluding hydrogens is 275 g/mol. The first-order valence-electron chi connectivity index (χ1n) is 5.43. The maximum Gasteiger partial charge on any atom is 0.269 e. The van der Waals surface area contributed by atoms with E-state index in [0.717, 1.165) is 0 Å². The number of carbonyl (C=O) groups excluding carboxylic acids is 2. The number of hydrogen-bond acceptors (Lipinski definition) is 2. The second-order valence-corrected chi connectivity index (χ2v) is 5.13. The third kappa shape index (κ3) is 4.94. The van der Waals surface area contributed by atoms with Crippen LogP contribution in [0.4, 0.5) is 0 Å². The number of carbonyl (C=O) groups is 2. The van der Waals surface area contributed by atoms with Crippen molar-refractivity contribution in [3.05, 3.63) is 33.8 Å². The Morgan fingerprint density at radius 3 is 2.17 bits per heavy atom. The van der Waals surface area contributed by atoms with Crippen molar-refractivity contribution in [2.45, 2.75) is 20.3 Å². The molecule has 0 aliphatic carbocycles. The van der Waals surface area contributed by atoms with E-state index in [0.29, 0.717) is 16.5 Å². The van der Waals surface area contributed by atoms with Crippen LogP contribution in [0.2, 0.25) is 10.0 Å². The van der Waals surface area contributed by atoms with Crippen molar-refractivity contribution >= 4 is 35.0 Å². The number of halogens is 2.